The van der Waals surface area contributed by atoms with E-state index in [1.54, 1.807) is 16.0 Å². The first-order valence-corrected chi connectivity index (χ1v) is 20.0. The van der Waals surface area contributed by atoms with E-state index in [2.05, 4.69) is 30.9 Å². The zero-order valence-electron chi connectivity index (χ0n) is 31.7. The van der Waals surface area contributed by atoms with Crippen LogP contribution < -0.4 is 16.0 Å². The minimum atomic E-state index is -1.09. The summed E-state index contributed by atoms with van der Waals surface area (Å²) in [5.41, 5.74) is 2.32. The number of hydrogen-bond donors (Lipinski definition) is 5. The van der Waals surface area contributed by atoms with Crippen molar-refractivity contribution in [3.8, 4) is 0 Å². The molecule has 0 saturated carbocycles. The molecule has 2 aromatic heterocycles. The Bertz CT molecular complexity index is 1890. The van der Waals surface area contributed by atoms with E-state index in [1.165, 1.54) is 11.2 Å². The van der Waals surface area contributed by atoms with Crippen LogP contribution in [0.5, 0.6) is 0 Å². The molecule has 4 aliphatic rings. The van der Waals surface area contributed by atoms with Gasteiger partial charge in [0.2, 0.25) is 35.4 Å². The number of nitrogens with zero attached hydrogens (tertiary/aromatic N) is 4. The maximum Gasteiger partial charge on any atom is 0.246 e. The van der Waals surface area contributed by atoms with E-state index in [0.717, 1.165) is 29.3 Å². The monoisotopic (exact) mass is 755 g/mol. The Morgan fingerprint density at radius 1 is 0.691 bits per heavy atom. The van der Waals surface area contributed by atoms with Gasteiger partial charge in [-0.25, -0.2) is 4.98 Å². The topological polar surface area (TPSA) is 193 Å². The lowest BCUT2D eigenvalue weighted by molar-refractivity contribution is -0.155. The SMILES string of the molecule is CC[C@H](C)[C@@H]1NC(=O)[C@H](Cc2c[nH]c3ccccc23)NC(=O)[C@H]2CCCN2C(=O)[C@H](Cc2cnc[nH]2)NC(=O)[C@H]2CCCCN2C(=O)[C@@H]2CCCCN2C1=O. The second kappa shape index (κ2) is 16.7. The Kier molecular flexibility index (Phi) is 11.5. The van der Waals surface area contributed by atoms with Crippen molar-refractivity contribution in [2.45, 2.75) is 121 Å². The highest BCUT2D eigenvalue weighted by molar-refractivity contribution is 5.99. The Hall–Kier alpha value is -5.21. The van der Waals surface area contributed by atoms with Crippen LogP contribution in [-0.2, 0) is 41.6 Å². The molecule has 1 aromatic carbocycles. The lowest BCUT2D eigenvalue weighted by Gasteiger charge is -2.43. The lowest BCUT2D eigenvalue weighted by Crippen LogP contribution is -2.64. The molecule has 0 aliphatic carbocycles. The number of aromatic nitrogens is 3. The molecule has 5 N–H and O–H groups in total. The van der Waals surface area contributed by atoms with E-state index in [0.29, 0.717) is 70.3 Å². The largest absolute Gasteiger partial charge is 0.361 e. The van der Waals surface area contributed by atoms with Crippen LogP contribution in [0, 0.1) is 5.92 Å². The summed E-state index contributed by atoms with van der Waals surface area (Å²) in [4.78, 5) is 102. The summed E-state index contributed by atoms with van der Waals surface area (Å²) in [6, 6.07) is 2.08. The molecule has 0 radical (unpaired) electrons. The zero-order chi connectivity index (χ0) is 38.6. The van der Waals surface area contributed by atoms with Crippen molar-refractivity contribution >= 4 is 46.3 Å². The predicted octanol–water partition coefficient (Wildman–Crippen LogP) is 1.94. The quantitative estimate of drug-likeness (QED) is 0.254. The molecule has 294 valence electrons. The third-order valence-corrected chi connectivity index (χ3v) is 12.1. The van der Waals surface area contributed by atoms with Crippen LogP contribution in [0.4, 0.5) is 0 Å². The molecule has 0 spiro atoms. The van der Waals surface area contributed by atoms with Gasteiger partial charge < -0.3 is 40.6 Å². The second-order valence-electron chi connectivity index (χ2n) is 15.6. The van der Waals surface area contributed by atoms with Crippen molar-refractivity contribution in [1.82, 2.24) is 45.6 Å². The van der Waals surface area contributed by atoms with Crippen LogP contribution in [0.25, 0.3) is 10.9 Å². The molecule has 7 rings (SSSR count). The van der Waals surface area contributed by atoms with Gasteiger partial charge in [0.05, 0.1) is 6.33 Å². The predicted molar refractivity (Wildman–Crippen MR) is 203 cm³/mol. The number of imidazole rings is 1. The molecule has 6 amide bonds. The second-order valence-corrected chi connectivity index (χ2v) is 15.6. The molecule has 15 nitrogen and oxygen atoms in total. The van der Waals surface area contributed by atoms with Crippen LogP contribution in [0.2, 0.25) is 0 Å². The number of H-pyrrole nitrogens is 2. The maximum absolute atomic E-state index is 14.6. The average Bonchev–Trinajstić information content (AvgIpc) is 4.00. The van der Waals surface area contributed by atoms with Gasteiger partial charge >= 0.3 is 0 Å². The molecule has 4 aliphatic heterocycles. The zero-order valence-corrected chi connectivity index (χ0v) is 31.7. The van der Waals surface area contributed by atoms with Crippen LogP contribution in [-0.4, -0.2) is 121 Å². The maximum atomic E-state index is 14.6. The number of hydrogen-bond acceptors (Lipinski definition) is 7. The first-order valence-electron chi connectivity index (χ1n) is 20.0. The summed E-state index contributed by atoms with van der Waals surface area (Å²) in [6.07, 6.45) is 10.4. The third-order valence-electron chi connectivity index (χ3n) is 12.1. The first-order chi connectivity index (χ1) is 26.6. The van der Waals surface area contributed by atoms with Gasteiger partial charge in [0.15, 0.2) is 0 Å². The summed E-state index contributed by atoms with van der Waals surface area (Å²) in [5, 5.41) is 9.89. The summed E-state index contributed by atoms with van der Waals surface area (Å²) in [7, 11) is 0. The summed E-state index contributed by atoms with van der Waals surface area (Å²) in [6.45, 7) is 4.83. The molecule has 0 bridgehead atoms. The van der Waals surface area contributed by atoms with Gasteiger partial charge in [0.25, 0.3) is 0 Å². The Morgan fingerprint density at radius 3 is 2.04 bits per heavy atom. The molecule has 55 heavy (non-hydrogen) atoms. The molecule has 4 saturated heterocycles. The standard InChI is InChI=1S/C40H53N9O6/c1-3-24(2)34-40(55)49-17-9-7-14-33(49)39(54)48-16-8-6-13-31(48)37(52)45-30(20-26-22-41-23-43-26)38(53)47-18-10-15-32(47)36(51)44-29(35(50)46-34)19-25-21-42-28-12-5-4-11-27(25)28/h4-5,11-12,21-24,29-34,42H,3,6-10,13-20H2,1-2H3,(H,41,43)(H,44,51)(H,45,52)(H,46,50)/t24-,29-,30-,31+,32+,33-,34-/m0/s1. The molecular formula is C40H53N9O6. The minimum Gasteiger partial charge on any atom is -0.361 e. The van der Waals surface area contributed by atoms with Crippen LogP contribution in [0.1, 0.15) is 82.9 Å². The van der Waals surface area contributed by atoms with Gasteiger partial charge in [-0.15, -0.1) is 0 Å². The van der Waals surface area contributed by atoms with Gasteiger partial charge in [-0.1, -0.05) is 38.5 Å². The van der Waals surface area contributed by atoms with Gasteiger partial charge in [-0.2, -0.15) is 0 Å². The Balaban J connectivity index is 1.28. The number of benzene rings is 1. The van der Waals surface area contributed by atoms with Crippen molar-refractivity contribution in [1.29, 1.82) is 0 Å². The fraction of sp³-hybridized carbons (Fsp3) is 0.575. The summed E-state index contributed by atoms with van der Waals surface area (Å²) < 4.78 is 0. The van der Waals surface area contributed by atoms with E-state index in [4.69, 9.17) is 0 Å². The molecule has 4 fully saturated rings. The normalized spacial score (nSPS) is 28.1. The highest BCUT2D eigenvalue weighted by Crippen LogP contribution is 2.28. The van der Waals surface area contributed by atoms with E-state index in [1.807, 2.05) is 44.3 Å². The van der Waals surface area contributed by atoms with Crippen molar-refractivity contribution < 1.29 is 28.8 Å². The van der Waals surface area contributed by atoms with Gasteiger partial charge in [-0.3, -0.25) is 28.8 Å². The van der Waals surface area contributed by atoms with Crippen molar-refractivity contribution in [2.24, 2.45) is 5.92 Å². The number of carbonyl (C=O) groups is 6. The molecule has 3 aromatic rings. The van der Waals surface area contributed by atoms with E-state index < -0.39 is 59.9 Å². The number of carbonyl (C=O) groups excluding carboxylic acids is 6. The van der Waals surface area contributed by atoms with E-state index in [9.17, 15) is 28.8 Å². The molecule has 15 heteroatoms. The highest BCUT2D eigenvalue weighted by atomic mass is 16.2. The van der Waals surface area contributed by atoms with E-state index >= 15 is 0 Å². The average molecular weight is 756 g/mol. The highest BCUT2D eigenvalue weighted by Gasteiger charge is 2.45. The minimum absolute atomic E-state index is 0.101. The van der Waals surface area contributed by atoms with Crippen LogP contribution >= 0.6 is 0 Å². The Labute approximate surface area is 320 Å². The van der Waals surface area contributed by atoms with E-state index in [-0.39, 0.29) is 30.6 Å². The van der Waals surface area contributed by atoms with Crippen molar-refractivity contribution in [3.63, 3.8) is 0 Å². The number of amides is 6. The molecule has 7 atom stereocenters. The van der Waals surface area contributed by atoms with Crippen LogP contribution in [0.3, 0.4) is 0 Å². The van der Waals surface area contributed by atoms with Crippen molar-refractivity contribution in [3.05, 3.63) is 54.2 Å². The van der Waals surface area contributed by atoms with Gasteiger partial charge in [0, 0.05) is 61.5 Å². The molecule has 6 heterocycles. The molecular weight excluding hydrogens is 702 g/mol. The first kappa shape index (κ1) is 38.1. The fourth-order valence-corrected chi connectivity index (χ4v) is 8.81. The van der Waals surface area contributed by atoms with Gasteiger partial charge in [0.1, 0.15) is 36.3 Å². The number of piperidine rings is 2. The van der Waals surface area contributed by atoms with Crippen molar-refractivity contribution in [2.75, 3.05) is 19.6 Å². The molecule has 0 unspecified atom stereocenters. The number of aromatic amines is 2. The smallest absolute Gasteiger partial charge is 0.246 e. The fourth-order valence-electron chi connectivity index (χ4n) is 8.81. The lowest BCUT2D eigenvalue weighted by atomic mass is 9.92. The summed E-state index contributed by atoms with van der Waals surface area (Å²) >= 11 is 0. The van der Waals surface area contributed by atoms with Crippen LogP contribution in [0.15, 0.2) is 43.0 Å². The third kappa shape index (κ3) is 7.97. The number of para-hydroxylation sites is 1. The number of fused-ring (bicyclic) bond motifs is 4. The van der Waals surface area contributed by atoms with Gasteiger partial charge in [-0.05, 0) is 68.9 Å². The number of rotatable bonds is 6. The number of nitrogens with one attached hydrogen (secondary N) is 5. The summed E-state index contributed by atoms with van der Waals surface area (Å²) in [5.74, 6) is -2.78. The Morgan fingerprint density at radius 2 is 1.33 bits per heavy atom.